The number of carbonyl (C=O) groups is 1. The Morgan fingerprint density at radius 3 is 2.64 bits per heavy atom. The van der Waals surface area contributed by atoms with Gasteiger partial charge in [-0.25, -0.2) is 14.4 Å². The number of halogens is 1. The van der Waals surface area contributed by atoms with Gasteiger partial charge in [-0.3, -0.25) is 4.79 Å². The molecule has 1 amide bonds. The van der Waals surface area contributed by atoms with Crippen molar-refractivity contribution < 1.29 is 13.9 Å². The highest BCUT2D eigenvalue weighted by atomic mass is 19.1. The fourth-order valence-electron chi connectivity index (χ4n) is 2.62. The minimum absolute atomic E-state index is 0.204. The van der Waals surface area contributed by atoms with Crippen LogP contribution in [0.15, 0.2) is 54.6 Å². The molecule has 0 atom stereocenters. The lowest BCUT2D eigenvalue weighted by Gasteiger charge is -2.12. The third-order valence-electron chi connectivity index (χ3n) is 3.92. The summed E-state index contributed by atoms with van der Waals surface area (Å²) >= 11 is 0. The van der Waals surface area contributed by atoms with Crippen LogP contribution in [-0.2, 0) is 6.54 Å². The van der Waals surface area contributed by atoms with Gasteiger partial charge < -0.3 is 15.4 Å². The van der Waals surface area contributed by atoms with Crippen molar-refractivity contribution in [3.63, 3.8) is 0 Å². The largest absolute Gasteiger partial charge is 0.492 e. The molecule has 0 radical (unpaired) electrons. The number of hydrogen-bond donors (Lipinski definition) is 2. The quantitative estimate of drug-likeness (QED) is 0.643. The van der Waals surface area contributed by atoms with E-state index >= 15 is 0 Å². The molecule has 0 fully saturated rings. The number of nitrogens with one attached hydrogen (secondary N) is 2. The van der Waals surface area contributed by atoms with Crippen molar-refractivity contribution in [3.8, 4) is 5.75 Å². The first-order chi connectivity index (χ1) is 13.6. The highest BCUT2D eigenvalue weighted by Gasteiger charge is 2.13. The second kappa shape index (κ2) is 8.94. The number of aryl methyl sites for hydroxylation is 1. The summed E-state index contributed by atoms with van der Waals surface area (Å²) in [5, 5.41) is 5.77. The first-order valence-electron chi connectivity index (χ1n) is 8.93. The van der Waals surface area contributed by atoms with E-state index in [1.807, 2.05) is 19.1 Å². The van der Waals surface area contributed by atoms with Gasteiger partial charge in [0, 0.05) is 17.8 Å². The summed E-state index contributed by atoms with van der Waals surface area (Å²) in [4.78, 5) is 21.2. The van der Waals surface area contributed by atoms with E-state index in [-0.39, 0.29) is 29.9 Å². The van der Waals surface area contributed by atoms with Gasteiger partial charge in [0.15, 0.2) is 0 Å². The van der Waals surface area contributed by atoms with Crippen LogP contribution in [0.25, 0.3) is 0 Å². The van der Waals surface area contributed by atoms with Gasteiger partial charge in [0.25, 0.3) is 5.91 Å². The molecule has 1 heterocycles. The van der Waals surface area contributed by atoms with E-state index in [1.54, 1.807) is 43.3 Å². The van der Waals surface area contributed by atoms with Gasteiger partial charge in [0.2, 0.25) is 5.95 Å². The third kappa shape index (κ3) is 4.82. The highest BCUT2D eigenvalue weighted by Crippen LogP contribution is 2.24. The molecular weight excluding hydrogens is 359 g/mol. The molecule has 1 aromatic heterocycles. The minimum atomic E-state index is -0.383. The second-order valence-electron chi connectivity index (χ2n) is 6.05. The Labute approximate surface area is 162 Å². The van der Waals surface area contributed by atoms with E-state index in [0.29, 0.717) is 29.3 Å². The molecular formula is C21H21FN4O2. The molecule has 0 bridgehead atoms. The first kappa shape index (κ1) is 19.3. The fraction of sp³-hybridized carbons (Fsp3) is 0.190. The monoisotopic (exact) mass is 380 g/mol. The summed E-state index contributed by atoms with van der Waals surface area (Å²) in [5.41, 5.74) is 1.87. The highest BCUT2D eigenvalue weighted by molar-refractivity contribution is 6.03. The zero-order valence-electron chi connectivity index (χ0n) is 15.7. The number of para-hydroxylation sites is 2. The van der Waals surface area contributed by atoms with E-state index < -0.39 is 0 Å². The summed E-state index contributed by atoms with van der Waals surface area (Å²) < 4.78 is 19.3. The smallest absolute Gasteiger partial charge is 0.274 e. The lowest BCUT2D eigenvalue weighted by molar-refractivity contribution is 0.102. The molecule has 2 aromatic carbocycles. The van der Waals surface area contributed by atoms with Gasteiger partial charge in [0.05, 0.1) is 12.3 Å². The Balaban J connectivity index is 1.75. The molecule has 0 saturated heterocycles. The molecule has 0 spiro atoms. The zero-order chi connectivity index (χ0) is 19.9. The van der Waals surface area contributed by atoms with Gasteiger partial charge in [-0.15, -0.1) is 0 Å². The summed E-state index contributed by atoms with van der Waals surface area (Å²) in [7, 11) is 0. The van der Waals surface area contributed by atoms with Crippen LogP contribution < -0.4 is 15.4 Å². The van der Waals surface area contributed by atoms with E-state index in [1.165, 1.54) is 6.07 Å². The normalized spacial score (nSPS) is 10.4. The molecule has 0 aliphatic rings. The lowest BCUT2D eigenvalue weighted by atomic mass is 10.2. The topological polar surface area (TPSA) is 76.1 Å². The number of anilines is 2. The van der Waals surface area contributed by atoms with Crippen LogP contribution in [0, 0.1) is 12.7 Å². The number of aromatic nitrogens is 2. The zero-order valence-corrected chi connectivity index (χ0v) is 15.7. The number of amides is 1. The van der Waals surface area contributed by atoms with Crippen LogP contribution in [-0.4, -0.2) is 22.5 Å². The maximum atomic E-state index is 13.8. The number of benzene rings is 2. The van der Waals surface area contributed by atoms with Crippen LogP contribution in [0.1, 0.15) is 28.7 Å². The number of carbonyl (C=O) groups excluding carboxylic acids is 1. The number of rotatable bonds is 7. The van der Waals surface area contributed by atoms with Crippen LogP contribution in [0.3, 0.4) is 0 Å². The van der Waals surface area contributed by atoms with Gasteiger partial charge in [-0.1, -0.05) is 30.3 Å². The Hall–Kier alpha value is -3.48. The van der Waals surface area contributed by atoms with E-state index in [0.717, 1.165) is 0 Å². The van der Waals surface area contributed by atoms with Crippen molar-refractivity contribution in [2.24, 2.45) is 0 Å². The van der Waals surface area contributed by atoms with Crippen molar-refractivity contribution >= 4 is 17.5 Å². The Morgan fingerprint density at radius 1 is 1.11 bits per heavy atom. The first-order valence-corrected chi connectivity index (χ1v) is 8.93. The average Bonchev–Trinajstić information content (AvgIpc) is 2.68. The molecule has 144 valence electrons. The number of nitrogens with zero attached hydrogens (tertiary/aromatic N) is 2. The Bertz CT molecular complexity index is 978. The fourth-order valence-corrected chi connectivity index (χ4v) is 2.62. The van der Waals surface area contributed by atoms with Crippen molar-refractivity contribution in [2.75, 3.05) is 17.2 Å². The molecule has 0 aliphatic heterocycles. The molecule has 6 nitrogen and oxygen atoms in total. The van der Waals surface area contributed by atoms with E-state index in [9.17, 15) is 9.18 Å². The van der Waals surface area contributed by atoms with Crippen molar-refractivity contribution in [3.05, 3.63) is 77.4 Å². The Morgan fingerprint density at radius 2 is 1.86 bits per heavy atom. The summed E-state index contributed by atoms with van der Waals surface area (Å²) in [6.07, 6.45) is 0. The third-order valence-corrected chi connectivity index (χ3v) is 3.92. The van der Waals surface area contributed by atoms with Gasteiger partial charge >= 0.3 is 0 Å². The van der Waals surface area contributed by atoms with Gasteiger partial charge in [-0.2, -0.15) is 0 Å². The summed E-state index contributed by atoms with van der Waals surface area (Å²) in [5.74, 6) is 0.147. The van der Waals surface area contributed by atoms with E-state index in [4.69, 9.17) is 4.74 Å². The van der Waals surface area contributed by atoms with Crippen molar-refractivity contribution in [2.45, 2.75) is 20.4 Å². The van der Waals surface area contributed by atoms with Gasteiger partial charge in [-0.05, 0) is 38.1 Å². The van der Waals surface area contributed by atoms with Crippen molar-refractivity contribution in [1.82, 2.24) is 9.97 Å². The minimum Gasteiger partial charge on any atom is -0.492 e. The predicted molar refractivity (Wildman–Crippen MR) is 106 cm³/mol. The van der Waals surface area contributed by atoms with Crippen LogP contribution in [0.4, 0.5) is 16.0 Å². The Kier molecular flexibility index (Phi) is 6.16. The molecule has 3 rings (SSSR count). The SMILES string of the molecule is CCOc1ccccc1NC(=O)c1cc(C)nc(NCc2ccccc2F)n1. The second-order valence-corrected chi connectivity index (χ2v) is 6.05. The molecule has 0 saturated carbocycles. The molecule has 3 aromatic rings. The summed E-state index contributed by atoms with van der Waals surface area (Å²) in [6, 6.07) is 15.2. The average molecular weight is 380 g/mol. The molecule has 28 heavy (non-hydrogen) atoms. The van der Waals surface area contributed by atoms with Gasteiger partial charge in [0.1, 0.15) is 17.3 Å². The predicted octanol–water partition coefficient (Wildman–Crippen LogP) is 4.19. The number of ether oxygens (including phenoxy) is 1. The molecule has 0 aliphatic carbocycles. The maximum Gasteiger partial charge on any atom is 0.274 e. The van der Waals surface area contributed by atoms with Crippen LogP contribution in [0.5, 0.6) is 5.75 Å². The van der Waals surface area contributed by atoms with Crippen LogP contribution >= 0.6 is 0 Å². The van der Waals surface area contributed by atoms with Crippen molar-refractivity contribution in [1.29, 1.82) is 0 Å². The number of hydrogen-bond acceptors (Lipinski definition) is 5. The molecule has 7 heteroatoms. The van der Waals surface area contributed by atoms with Crippen LogP contribution in [0.2, 0.25) is 0 Å². The molecule has 2 N–H and O–H groups in total. The maximum absolute atomic E-state index is 13.8. The molecule has 0 unspecified atom stereocenters. The summed E-state index contributed by atoms with van der Waals surface area (Å²) in [6.45, 7) is 4.34. The van der Waals surface area contributed by atoms with E-state index in [2.05, 4.69) is 20.6 Å². The lowest BCUT2D eigenvalue weighted by Crippen LogP contribution is -2.17. The standard InChI is InChI=1S/C21H21FN4O2/c1-3-28-19-11-7-6-10-17(19)25-20(27)18-12-14(2)24-21(26-18)23-13-15-8-4-5-9-16(15)22/h4-12H,3,13H2,1-2H3,(H,25,27)(H,23,24,26).